The highest BCUT2D eigenvalue weighted by Gasteiger charge is 2.17. The molecule has 2 aromatic rings. The molecule has 0 aliphatic rings. The van der Waals surface area contributed by atoms with Crippen LogP contribution in [0.2, 0.25) is 0 Å². The summed E-state index contributed by atoms with van der Waals surface area (Å²) in [6, 6.07) is 12.4. The van der Waals surface area contributed by atoms with E-state index in [-0.39, 0.29) is 11.5 Å². The topological polar surface area (TPSA) is 40.7 Å². The zero-order valence-electron chi connectivity index (χ0n) is 12.4. The molecule has 3 nitrogen and oxygen atoms in total. The molecule has 1 heterocycles. The van der Waals surface area contributed by atoms with Crippen LogP contribution in [-0.4, -0.2) is 9.97 Å². The van der Waals surface area contributed by atoms with Gasteiger partial charge in [-0.25, -0.2) is 4.98 Å². The van der Waals surface area contributed by atoms with Crippen LogP contribution in [0.3, 0.4) is 0 Å². The summed E-state index contributed by atoms with van der Waals surface area (Å²) in [6.45, 7) is 8.48. The fourth-order valence-electron chi connectivity index (χ4n) is 1.95. The molecule has 0 bridgehead atoms. The summed E-state index contributed by atoms with van der Waals surface area (Å²) in [5.41, 5.74) is 1.18. The first-order valence-corrected chi connectivity index (χ1v) is 7.20. The molecule has 4 heteroatoms. The van der Waals surface area contributed by atoms with Crippen LogP contribution in [0.4, 0.5) is 5.82 Å². The van der Waals surface area contributed by atoms with Gasteiger partial charge in [0, 0.05) is 17.5 Å². The largest absolute Gasteiger partial charge is 0.365 e. The van der Waals surface area contributed by atoms with Crippen LogP contribution in [-0.2, 0) is 5.41 Å². The highest BCUT2D eigenvalue weighted by Crippen LogP contribution is 2.22. The number of H-pyrrole nitrogens is 1. The van der Waals surface area contributed by atoms with Crippen LogP contribution in [0.5, 0.6) is 0 Å². The van der Waals surface area contributed by atoms with Crippen molar-refractivity contribution in [2.24, 2.45) is 0 Å². The van der Waals surface area contributed by atoms with Crippen molar-refractivity contribution < 1.29 is 0 Å². The maximum atomic E-state index is 5.25. The predicted molar refractivity (Wildman–Crippen MR) is 86.6 cm³/mol. The van der Waals surface area contributed by atoms with Gasteiger partial charge in [-0.15, -0.1) is 0 Å². The van der Waals surface area contributed by atoms with E-state index in [4.69, 9.17) is 12.2 Å². The molecule has 0 saturated carbocycles. The summed E-state index contributed by atoms with van der Waals surface area (Å²) >= 11 is 5.25. The number of aromatic nitrogens is 2. The Hall–Kier alpha value is -1.68. The Kier molecular flexibility index (Phi) is 4.23. The molecule has 1 unspecified atom stereocenters. The predicted octanol–water partition coefficient (Wildman–Crippen LogP) is 4.61. The zero-order chi connectivity index (χ0) is 14.8. The number of anilines is 1. The van der Waals surface area contributed by atoms with Crippen LogP contribution in [0.15, 0.2) is 36.4 Å². The Morgan fingerprint density at radius 1 is 1.20 bits per heavy atom. The lowest BCUT2D eigenvalue weighted by Crippen LogP contribution is -2.18. The summed E-state index contributed by atoms with van der Waals surface area (Å²) in [6.07, 6.45) is 0. The molecule has 0 fully saturated rings. The van der Waals surface area contributed by atoms with Crippen molar-refractivity contribution in [3.05, 3.63) is 52.4 Å². The number of rotatable bonds is 3. The lowest BCUT2D eigenvalue weighted by Gasteiger charge is -2.21. The third kappa shape index (κ3) is 3.67. The molecule has 2 rings (SSSR count). The van der Waals surface area contributed by atoms with E-state index in [0.717, 1.165) is 11.6 Å². The van der Waals surface area contributed by atoms with Crippen LogP contribution in [0.1, 0.15) is 45.1 Å². The standard InChI is InChI=1S/C16H21N3S/c1-11(12-8-6-5-7-9-12)17-13-10-14(20)19-15(18-13)16(2,3)4/h5-11H,1-4H3,(H2,17,18,19,20). The van der Waals surface area contributed by atoms with E-state index in [0.29, 0.717) is 4.64 Å². The van der Waals surface area contributed by atoms with Crippen molar-refractivity contribution >= 4 is 18.0 Å². The van der Waals surface area contributed by atoms with Crippen molar-refractivity contribution in [2.75, 3.05) is 5.32 Å². The maximum absolute atomic E-state index is 5.25. The van der Waals surface area contributed by atoms with Gasteiger partial charge in [0.25, 0.3) is 0 Å². The van der Waals surface area contributed by atoms with Gasteiger partial charge in [0.1, 0.15) is 16.3 Å². The van der Waals surface area contributed by atoms with E-state index in [1.165, 1.54) is 5.56 Å². The van der Waals surface area contributed by atoms with Gasteiger partial charge >= 0.3 is 0 Å². The Balaban J connectivity index is 2.26. The van der Waals surface area contributed by atoms with Gasteiger partial charge in [-0.05, 0) is 12.5 Å². The SMILES string of the molecule is CC(Nc1cc(=S)nc(C(C)(C)C)[nH]1)c1ccccc1. The molecule has 106 valence electrons. The Bertz CT molecular complexity index is 626. The van der Waals surface area contributed by atoms with Crippen LogP contribution in [0, 0.1) is 4.64 Å². The van der Waals surface area contributed by atoms with E-state index in [2.05, 4.69) is 55.1 Å². The zero-order valence-corrected chi connectivity index (χ0v) is 13.2. The molecule has 0 aliphatic heterocycles. The summed E-state index contributed by atoms with van der Waals surface area (Å²) in [5, 5.41) is 3.45. The monoisotopic (exact) mass is 287 g/mol. The first-order chi connectivity index (χ1) is 9.36. The van der Waals surface area contributed by atoms with Crippen molar-refractivity contribution in [2.45, 2.75) is 39.2 Å². The summed E-state index contributed by atoms with van der Waals surface area (Å²) in [4.78, 5) is 7.74. The Morgan fingerprint density at radius 3 is 2.45 bits per heavy atom. The summed E-state index contributed by atoms with van der Waals surface area (Å²) in [5.74, 6) is 1.80. The van der Waals surface area contributed by atoms with Crippen molar-refractivity contribution in [3.63, 3.8) is 0 Å². The van der Waals surface area contributed by atoms with Crippen molar-refractivity contribution in [3.8, 4) is 0 Å². The fraction of sp³-hybridized carbons (Fsp3) is 0.375. The molecule has 0 amide bonds. The molecule has 0 saturated heterocycles. The minimum Gasteiger partial charge on any atom is -0.365 e. The van der Waals surface area contributed by atoms with Crippen LogP contribution >= 0.6 is 12.2 Å². The number of hydrogen-bond donors (Lipinski definition) is 2. The van der Waals surface area contributed by atoms with Gasteiger partial charge in [0.15, 0.2) is 0 Å². The molecule has 1 atom stereocenters. The minimum absolute atomic E-state index is 0.0543. The van der Waals surface area contributed by atoms with Gasteiger partial charge in [-0.3, -0.25) is 0 Å². The molecule has 0 radical (unpaired) electrons. The highest BCUT2D eigenvalue weighted by molar-refractivity contribution is 7.71. The second-order valence-electron chi connectivity index (χ2n) is 6.01. The molecule has 2 N–H and O–H groups in total. The average molecular weight is 287 g/mol. The first kappa shape index (κ1) is 14.7. The molecule has 0 aliphatic carbocycles. The number of benzene rings is 1. The van der Waals surface area contributed by atoms with Crippen LogP contribution in [0.25, 0.3) is 0 Å². The Labute approximate surface area is 125 Å². The number of hydrogen-bond acceptors (Lipinski definition) is 3. The normalized spacial score (nSPS) is 13.0. The molecular formula is C16H21N3S. The number of aromatic amines is 1. The van der Waals surface area contributed by atoms with E-state index < -0.39 is 0 Å². The third-order valence-electron chi connectivity index (χ3n) is 3.12. The van der Waals surface area contributed by atoms with Gasteiger partial charge < -0.3 is 10.3 Å². The van der Waals surface area contributed by atoms with Gasteiger partial charge in [-0.2, -0.15) is 0 Å². The quantitative estimate of drug-likeness (QED) is 0.810. The van der Waals surface area contributed by atoms with E-state index in [1.54, 1.807) is 0 Å². The lowest BCUT2D eigenvalue weighted by molar-refractivity contribution is 0.544. The number of nitrogens with one attached hydrogen (secondary N) is 2. The molecule has 1 aromatic carbocycles. The van der Waals surface area contributed by atoms with Gasteiger partial charge in [-0.1, -0.05) is 63.3 Å². The molecule has 1 aromatic heterocycles. The lowest BCUT2D eigenvalue weighted by atomic mass is 9.96. The maximum Gasteiger partial charge on any atom is 0.131 e. The number of nitrogens with zero attached hydrogens (tertiary/aromatic N) is 1. The molecule has 0 spiro atoms. The van der Waals surface area contributed by atoms with E-state index in [9.17, 15) is 0 Å². The van der Waals surface area contributed by atoms with E-state index in [1.807, 2.05) is 24.3 Å². The summed E-state index contributed by atoms with van der Waals surface area (Å²) in [7, 11) is 0. The minimum atomic E-state index is -0.0543. The molecule has 20 heavy (non-hydrogen) atoms. The second-order valence-corrected chi connectivity index (χ2v) is 6.43. The van der Waals surface area contributed by atoms with Crippen LogP contribution < -0.4 is 5.32 Å². The van der Waals surface area contributed by atoms with E-state index >= 15 is 0 Å². The molecular weight excluding hydrogens is 266 g/mol. The van der Waals surface area contributed by atoms with Crippen molar-refractivity contribution in [1.29, 1.82) is 0 Å². The second kappa shape index (κ2) is 5.75. The van der Waals surface area contributed by atoms with Gasteiger partial charge in [0.05, 0.1) is 0 Å². The van der Waals surface area contributed by atoms with Crippen molar-refractivity contribution in [1.82, 2.24) is 9.97 Å². The average Bonchev–Trinajstić information content (AvgIpc) is 2.38. The third-order valence-corrected chi connectivity index (χ3v) is 3.33. The fourth-order valence-corrected chi connectivity index (χ4v) is 2.16. The highest BCUT2D eigenvalue weighted by atomic mass is 32.1. The van der Waals surface area contributed by atoms with Gasteiger partial charge in [0.2, 0.25) is 0 Å². The smallest absolute Gasteiger partial charge is 0.131 e. The summed E-state index contributed by atoms with van der Waals surface area (Å²) < 4.78 is 0.608. The first-order valence-electron chi connectivity index (χ1n) is 6.79. The Morgan fingerprint density at radius 2 is 1.85 bits per heavy atom.